The van der Waals surface area contributed by atoms with Gasteiger partial charge in [0.15, 0.2) is 17.5 Å². The number of rotatable bonds is 9. The average Bonchev–Trinajstić information content (AvgIpc) is 1.48. The molecular weight excluding hydrogens is 1400 g/mol. The number of para-hydroxylation sites is 13. The van der Waals surface area contributed by atoms with Crippen LogP contribution in [0.3, 0.4) is 0 Å². The summed E-state index contributed by atoms with van der Waals surface area (Å²) in [5, 5.41) is 17.7. The molecule has 0 aliphatic rings. The van der Waals surface area contributed by atoms with Crippen molar-refractivity contribution in [1.82, 2.24) is 46.8 Å². The molecule has 26 aromatic rings. The minimum absolute atomic E-state index is 0.527. The summed E-state index contributed by atoms with van der Waals surface area (Å²) in [7, 11) is 0. The highest BCUT2D eigenvalue weighted by molar-refractivity contribution is 6.36. The first-order chi connectivity index (χ1) is 57.2. The molecule has 115 heavy (non-hydrogen) atoms. The molecule has 17 aromatic carbocycles. The van der Waals surface area contributed by atoms with Crippen LogP contribution in [0.4, 0.5) is 0 Å². The number of hydrogen-bond acceptors (Lipinski definition) is 3. The standard InChI is InChI=1S/C105H62N10/c1-3-33-63(34-4-1)103-106-104(64-35-5-2-6-36-64)108-105(107-103)94-91-77-49-19-32-62-90(77)115-95(91)92(96(109-78-50-20-7-37-65(78)66-38-8-21-51-79(66)109)99(94)111-82-54-24-11-41-69(82)70-42-12-25-55-83(70)111)93-97(110-80-52-22-9-39-67(80)68-40-10-23-53-81(68)110)100(112-84-56-26-13-43-71(84)72-44-14-27-57-85(72)112)102(114-88-60-30-17-47-75(88)76-48-18-31-61-89(76)114)101(98(93)115)113-86-58-28-15-45-73(86)74-46-16-29-59-87(74)113/h1-62H. The first-order valence-electron chi connectivity index (χ1n) is 39.4. The highest BCUT2D eigenvalue weighted by atomic mass is 15.2. The van der Waals surface area contributed by atoms with Gasteiger partial charge in [-0.1, -0.05) is 297 Å². The van der Waals surface area contributed by atoms with Gasteiger partial charge in [-0.15, -0.1) is 0 Å². The lowest BCUT2D eigenvalue weighted by molar-refractivity contribution is 1.03. The van der Waals surface area contributed by atoms with E-state index >= 15 is 0 Å². The van der Waals surface area contributed by atoms with Crippen LogP contribution in [-0.2, 0) is 0 Å². The summed E-state index contributed by atoms with van der Waals surface area (Å²) in [5.41, 5.74) is 24.1. The lowest BCUT2D eigenvalue weighted by Gasteiger charge is -2.28. The average molecular weight is 1460 g/mol. The molecule has 0 spiro atoms. The van der Waals surface area contributed by atoms with Crippen LogP contribution < -0.4 is 0 Å². The molecule has 532 valence electrons. The van der Waals surface area contributed by atoms with Crippen molar-refractivity contribution in [2.24, 2.45) is 0 Å². The Morgan fingerprint density at radius 2 is 0.357 bits per heavy atom. The molecule has 9 heterocycles. The van der Waals surface area contributed by atoms with E-state index in [1.807, 2.05) is 0 Å². The lowest BCUT2D eigenvalue weighted by Crippen LogP contribution is -2.15. The second-order valence-corrected chi connectivity index (χ2v) is 30.4. The van der Waals surface area contributed by atoms with Crippen molar-refractivity contribution in [3.63, 3.8) is 0 Å². The highest BCUT2D eigenvalue weighted by Gasteiger charge is 2.40. The molecule has 0 saturated heterocycles. The van der Waals surface area contributed by atoms with Gasteiger partial charge >= 0.3 is 0 Å². The van der Waals surface area contributed by atoms with Crippen molar-refractivity contribution in [2.45, 2.75) is 0 Å². The molecule has 0 N–H and O–H groups in total. The molecule has 10 nitrogen and oxygen atoms in total. The van der Waals surface area contributed by atoms with Crippen LogP contribution in [-0.4, -0.2) is 46.8 Å². The topological polar surface area (TPSA) is 72.7 Å². The Labute approximate surface area is 655 Å². The highest BCUT2D eigenvalue weighted by Crippen LogP contribution is 2.59. The van der Waals surface area contributed by atoms with Gasteiger partial charge in [-0.25, -0.2) is 15.0 Å². The second-order valence-electron chi connectivity index (χ2n) is 30.4. The van der Waals surface area contributed by atoms with Crippen LogP contribution in [0.1, 0.15) is 0 Å². The Kier molecular flexibility index (Phi) is 12.7. The number of fused-ring (bicyclic) bond motifs is 24. The maximum absolute atomic E-state index is 6.04. The molecule has 0 bridgehead atoms. The fraction of sp³-hybridized carbons (Fsp3) is 0. The Balaban J connectivity index is 1.07. The molecule has 0 radical (unpaired) electrons. The molecule has 0 atom stereocenters. The van der Waals surface area contributed by atoms with Gasteiger partial charge in [0.1, 0.15) is 0 Å². The van der Waals surface area contributed by atoms with Crippen LogP contribution in [0.25, 0.3) is 237 Å². The minimum atomic E-state index is 0.527. The predicted octanol–water partition coefficient (Wildman–Crippen LogP) is 26.6. The van der Waals surface area contributed by atoms with Crippen molar-refractivity contribution in [1.29, 1.82) is 0 Å². The first-order valence-corrected chi connectivity index (χ1v) is 39.4. The molecule has 9 aromatic heterocycles. The minimum Gasteiger partial charge on any atom is -0.306 e. The Morgan fingerprint density at radius 1 is 0.148 bits per heavy atom. The predicted molar refractivity (Wildman–Crippen MR) is 477 cm³/mol. The first kappa shape index (κ1) is 62.1. The Morgan fingerprint density at radius 3 is 0.661 bits per heavy atom. The van der Waals surface area contributed by atoms with E-state index in [2.05, 4.69) is 408 Å². The summed E-state index contributed by atoms with van der Waals surface area (Å²) < 4.78 is 18.5. The van der Waals surface area contributed by atoms with Gasteiger partial charge < -0.3 is 31.8 Å². The SMILES string of the molecule is c1ccc(-c2nc(-c3ccccc3)nc(-c3c(-n4c5ccccc5c5ccccc54)c(-n4c5ccccc5c5ccccc54)c4c5c(-n6c7ccccc7c7ccccc76)c(-n6c7ccccc7c7ccccc76)c(-n6c7ccccc7c7ccccc76)c(-n6c7ccccc7c7ccccc76)c5n5c6ccccc6c3c45)n2)cc1. The van der Waals surface area contributed by atoms with Gasteiger partial charge in [0, 0.05) is 97.3 Å². The number of nitrogens with zero attached hydrogens (tertiary/aromatic N) is 10. The molecule has 0 fully saturated rings. The Hall–Kier alpha value is -15.7. The third kappa shape index (κ3) is 8.32. The zero-order valence-electron chi connectivity index (χ0n) is 61.8. The fourth-order valence-corrected chi connectivity index (χ4v) is 20.2. The summed E-state index contributed by atoms with van der Waals surface area (Å²) >= 11 is 0. The van der Waals surface area contributed by atoms with Crippen LogP contribution in [0.5, 0.6) is 0 Å². The van der Waals surface area contributed by atoms with Crippen molar-refractivity contribution >= 4 is 169 Å². The van der Waals surface area contributed by atoms with Gasteiger partial charge in [0.05, 0.1) is 122 Å². The summed E-state index contributed by atoms with van der Waals surface area (Å²) in [6.45, 7) is 0. The van der Waals surface area contributed by atoms with Crippen molar-refractivity contribution < 1.29 is 0 Å². The molecule has 0 unspecified atom stereocenters. The van der Waals surface area contributed by atoms with Crippen molar-refractivity contribution in [3.05, 3.63) is 376 Å². The summed E-state index contributed by atoms with van der Waals surface area (Å²) in [4.78, 5) is 17.6. The van der Waals surface area contributed by atoms with E-state index in [1.165, 1.54) is 0 Å². The van der Waals surface area contributed by atoms with Gasteiger partial charge in [0.25, 0.3) is 0 Å². The van der Waals surface area contributed by atoms with E-state index < -0.39 is 0 Å². The maximum Gasteiger partial charge on any atom is 0.166 e. The molecule has 0 saturated carbocycles. The Bertz CT molecular complexity index is 8300. The van der Waals surface area contributed by atoms with E-state index in [-0.39, 0.29) is 0 Å². The third-order valence-corrected chi connectivity index (χ3v) is 24.6. The zero-order chi connectivity index (χ0) is 74.8. The summed E-state index contributed by atoms with van der Waals surface area (Å²) in [5.74, 6) is 1.65. The maximum atomic E-state index is 6.04. The quantitative estimate of drug-likeness (QED) is 0.145. The molecule has 0 aliphatic carbocycles. The second kappa shape index (κ2) is 23.5. The largest absolute Gasteiger partial charge is 0.306 e. The van der Waals surface area contributed by atoms with Gasteiger partial charge in [-0.3, -0.25) is 0 Å². The lowest BCUT2D eigenvalue weighted by atomic mass is 9.95. The zero-order valence-corrected chi connectivity index (χ0v) is 61.8. The molecule has 26 rings (SSSR count). The van der Waals surface area contributed by atoms with Crippen molar-refractivity contribution in [2.75, 3.05) is 0 Å². The van der Waals surface area contributed by atoms with E-state index in [4.69, 9.17) is 15.0 Å². The van der Waals surface area contributed by atoms with Crippen LogP contribution in [0, 0.1) is 0 Å². The number of hydrogen-bond donors (Lipinski definition) is 0. The summed E-state index contributed by atoms with van der Waals surface area (Å²) in [6, 6.07) is 139. The fourth-order valence-electron chi connectivity index (χ4n) is 20.2. The normalized spacial score (nSPS) is 12.3. The number of aromatic nitrogens is 10. The van der Waals surface area contributed by atoms with Crippen LogP contribution in [0.15, 0.2) is 376 Å². The van der Waals surface area contributed by atoms with Gasteiger partial charge in [0.2, 0.25) is 0 Å². The van der Waals surface area contributed by atoms with Crippen LogP contribution in [0.2, 0.25) is 0 Å². The smallest absolute Gasteiger partial charge is 0.166 e. The molecule has 10 heteroatoms. The molecule has 0 aliphatic heterocycles. The number of benzene rings is 17. The van der Waals surface area contributed by atoms with E-state index in [1.54, 1.807) is 0 Å². The van der Waals surface area contributed by atoms with Crippen LogP contribution >= 0.6 is 0 Å². The molecule has 0 amide bonds. The molecular formula is C105H62N10. The monoisotopic (exact) mass is 1460 g/mol. The van der Waals surface area contributed by atoms with E-state index in [0.29, 0.717) is 17.5 Å². The summed E-state index contributed by atoms with van der Waals surface area (Å²) in [6.07, 6.45) is 0. The van der Waals surface area contributed by atoms with Crippen molar-refractivity contribution in [3.8, 4) is 68.3 Å². The van der Waals surface area contributed by atoms with E-state index in [9.17, 15) is 0 Å². The van der Waals surface area contributed by atoms with Gasteiger partial charge in [-0.2, -0.15) is 0 Å². The van der Waals surface area contributed by atoms with Gasteiger partial charge in [-0.05, 0) is 78.9 Å². The third-order valence-electron chi connectivity index (χ3n) is 24.6. The van der Waals surface area contributed by atoms with E-state index in [0.717, 1.165) is 220 Å².